The summed E-state index contributed by atoms with van der Waals surface area (Å²) >= 11 is 0. The second-order valence-corrected chi connectivity index (χ2v) is 10.4. The van der Waals surface area contributed by atoms with Crippen molar-refractivity contribution in [1.29, 1.82) is 0 Å². The molecular weight excluding hydrogens is 429 g/mol. The highest BCUT2D eigenvalue weighted by Crippen LogP contribution is 2.40. The fourth-order valence-corrected chi connectivity index (χ4v) is 4.25. The van der Waals surface area contributed by atoms with Gasteiger partial charge >= 0.3 is 0 Å². The van der Waals surface area contributed by atoms with Gasteiger partial charge < -0.3 is 14.4 Å². The van der Waals surface area contributed by atoms with Gasteiger partial charge in [-0.25, -0.2) is 4.98 Å². The van der Waals surface area contributed by atoms with Crippen LogP contribution in [0, 0.1) is 11.8 Å². The first kappa shape index (κ1) is 24.1. The molecule has 1 aromatic heterocycles. The lowest BCUT2D eigenvalue weighted by molar-refractivity contribution is 0.277. The van der Waals surface area contributed by atoms with Crippen LogP contribution in [0.2, 0.25) is 0 Å². The van der Waals surface area contributed by atoms with E-state index in [0.717, 1.165) is 0 Å². The van der Waals surface area contributed by atoms with Gasteiger partial charge in [-0.05, 0) is 49.7 Å². The summed E-state index contributed by atoms with van der Waals surface area (Å²) in [6.07, 6.45) is 0.182. The summed E-state index contributed by atoms with van der Waals surface area (Å²) in [6.45, 7) is 3.36. The van der Waals surface area contributed by atoms with Crippen molar-refractivity contribution >= 4 is 22.9 Å². The Balaban J connectivity index is 2.11. The number of benzene rings is 1. The number of pyridine rings is 1. The average molecular weight is 453 g/mol. The van der Waals surface area contributed by atoms with Gasteiger partial charge in [-0.15, -0.1) is 0 Å². The molecule has 1 aromatic carbocycles. The number of hydrogen-bond acceptors (Lipinski definition) is 7. The molecular formula is C20H24NO7PS. The van der Waals surface area contributed by atoms with Gasteiger partial charge in [-0.2, -0.15) is 8.42 Å². The van der Waals surface area contributed by atoms with Crippen LogP contribution in [0.15, 0.2) is 36.4 Å². The molecule has 8 nitrogen and oxygen atoms in total. The lowest BCUT2D eigenvalue weighted by atomic mass is 10.2. The van der Waals surface area contributed by atoms with E-state index in [1.165, 1.54) is 6.66 Å². The number of aromatic nitrogens is 1. The number of nitrogens with zero attached hydrogens (tertiary/aromatic N) is 1. The molecule has 30 heavy (non-hydrogen) atoms. The van der Waals surface area contributed by atoms with Crippen LogP contribution in [0.3, 0.4) is 0 Å². The fourth-order valence-electron chi connectivity index (χ4n) is 2.46. The topological polar surface area (TPSA) is 123 Å². The van der Waals surface area contributed by atoms with Gasteiger partial charge in [0.1, 0.15) is 11.2 Å². The van der Waals surface area contributed by atoms with Crippen LogP contribution in [0.1, 0.15) is 30.2 Å². The van der Waals surface area contributed by atoms with Crippen LogP contribution in [0.5, 0.6) is 5.75 Å². The summed E-state index contributed by atoms with van der Waals surface area (Å²) in [5.74, 6) is 6.14. The maximum Gasteiger partial charge on any atom is 0.264 e. The highest BCUT2D eigenvalue weighted by Gasteiger charge is 2.21. The standard InChI is InChI=1S/C20H24NO7PS/c1-3-28-29(2,23)20-14-17(13-18(15-22)21-20)6-5-16-7-9-19(10-8-16)27-11-4-12-30(24,25)26/h7-10,13-14,22H,3-4,11-12,15H2,1-2H3,(H,24,25,26). The third-order valence-electron chi connectivity index (χ3n) is 3.84. The molecule has 1 atom stereocenters. The SMILES string of the molecule is CCOP(C)(=O)c1cc(C#Cc2ccc(OCCCS(=O)(=O)O)cc2)cc(CO)n1. The molecule has 162 valence electrons. The summed E-state index contributed by atoms with van der Waals surface area (Å²) in [7, 11) is -7.08. The molecule has 10 heteroatoms. The molecule has 0 amide bonds. The van der Waals surface area contributed by atoms with E-state index >= 15 is 0 Å². The van der Waals surface area contributed by atoms with E-state index in [1.807, 2.05) is 0 Å². The van der Waals surface area contributed by atoms with E-state index < -0.39 is 17.5 Å². The molecule has 0 aliphatic heterocycles. The molecule has 2 N–H and O–H groups in total. The normalized spacial score (nSPS) is 13.2. The second kappa shape index (κ2) is 10.7. The molecule has 0 aliphatic rings. The van der Waals surface area contributed by atoms with E-state index in [4.69, 9.17) is 13.8 Å². The van der Waals surface area contributed by atoms with Crippen molar-refractivity contribution in [2.24, 2.45) is 0 Å². The minimum atomic E-state index is -3.98. The Kier molecular flexibility index (Phi) is 8.59. The second-order valence-electron chi connectivity index (χ2n) is 6.39. The Morgan fingerprint density at radius 1 is 1.13 bits per heavy atom. The van der Waals surface area contributed by atoms with Gasteiger partial charge in [0.25, 0.3) is 10.1 Å². The van der Waals surface area contributed by atoms with Crippen LogP contribution < -0.4 is 10.2 Å². The maximum absolute atomic E-state index is 12.6. The lowest BCUT2D eigenvalue weighted by Crippen LogP contribution is -2.14. The van der Waals surface area contributed by atoms with E-state index in [9.17, 15) is 18.1 Å². The van der Waals surface area contributed by atoms with Crippen molar-refractivity contribution in [2.45, 2.75) is 20.0 Å². The van der Waals surface area contributed by atoms with Crippen LogP contribution in [0.4, 0.5) is 0 Å². The zero-order valence-electron chi connectivity index (χ0n) is 16.7. The van der Waals surface area contributed by atoms with Crippen LogP contribution in [-0.4, -0.2) is 48.7 Å². The van der Waals surface area contributed by atoms with Gasteiger partial charge in [0.2, 0.25) is 7.37 Å². The Morgan fingerprint density at radius 2 is 1.80 bits per heavy atom. The number of rotatable bonds is 9. The molecule has 0 aliphatic carbocycles. The first-order valence-corrected chi connectivity index (χ1v) is 12.9. The Hall–Kier alpha value is -2.21. The van der Waals surface area contributed by atoms with Crippen LogP contribution in [-0.2, 0) is 25.8 Å². The lowest BCUT2D eigenvalue weighted by Gasteiger charge is -2.13. The molecule has 1 unspecified atom stereocenters. The molecule has 0 spiro atoms. The smallest absolute Gasteiger partial charge is 0.264 e. The molecule has 2 aromatic rings. The minimum Gasteiger partial charge on any atom is -0.494 e. The van der Waals surface area contributed by atoms with E-state index in [1.54, 1.807) is 43.3 Å². The first-order chi connectivity index (χ1) is 14.1. The molecule has 0 saturated heterocycles. The van der Waals surface area contributed by atoms with Crippen molar-refractivity contribution in [2.75, 3.05) is 25.6 Å². The van der Waals surface area contributed by atoms with Crippen LogP contribution in [0.25, 0.3) is 0 Å². The highest BCUT2D eigenvalue weighted by molar-refractivity contribution is 7.85. The van der Waals surface area contributed by atoms with Gasteiger partial charge in [-0.3, -0.25) is 9.12 Å². The molecule has 0 bridgehead atoms. The van der Waals surface area contributed by atoms with Gasteiger partial charge in [-0.1, -0.05) is 11.8 Å². The Bertz CT molecular complexity index is 1070. The summed E-state index contributed by atoms with van der Waals surface area (Å²) in [5.41, 5.74) is 1.87. The quantitative estimate of drug-likeness (QED) is 0.256. The van der Waals surface area contributed by atoms with Crippen molar-refractivity contribution < 1.29 is 31.9 Å². The van der Waals surface area contributed by atoms with Crippen molar-refractivity contribution in [3.8, 4) is 17.6 Å². The van der Waals surface area contributed by atoms with Crippen molar-refractivity contribution in [3.05, 3.63) is 53.2 Å². The average Bonchev–Trinajstić information content (AvgIpc) is 2.69. The molecule has 0 fully saturated rings. The Labute approximate surface area is 176 Å². The minimum absolute atomic E-state index is 0.158. The molecule has 0 saturated carbocycles. The molecule has 1 heterocycles. The maximum atomic E-state index is 12.6. The van der Waals surface area contributed by atoms with E-state index in [-0.39, 0.29) is 37.4 Å². The third kappa shape index (κ3) is 7.90. The molecule has 2 rings (SSSR count). The fraction of sp³-hybridized carbons (Fsp3) is 0.350. The summed E-state index contributed by atoms with van der Waals surface area (Å²) < 4.78 is 53.4. The van der Waals surface area contributed by atoms with Crippen molar-refractivity contribution in [3.63, 3.8) is 0 Å². The summed E-state index contributed by atoms with van der Waals surface area (Å²) in [5, 5.41) is 9.43. The van der Waals surface area contributed by atoms with E-state index in [0.29, 0.717) is 22.6 Å². The van der Waals surface area contributed by atoms with Gasteiger partial charge in [0.05, 0.1) is 31.3 Å². The highest BCUT2D eigenvalue weighted by atomic mass is 32.2. The van der Waals surface area contributed by atoms with Crippen LogP contribution >= 0.6 is 7.37 Å². The third-order valence-corrected chi connectivity index (χ3v) is 6.46. The number of aliphatic hydroxyl groups excluding tert-OH is 1. The van der Waals surface area contributed by atoms with Gasteiger partial charge in [0, 0.05) is 17.8 Å². The Morgan fingerprint density at radius 3 is 2.40 bits per heavy atom. The predicted molar refractivity (Wildman–Crippen MR) is 114 cm³/mol. The number of ether oxygens (including phenoxy) is 1. The predicted octanol–water partition coefficient (Wildman–Crippen LogP) is 2.20. The largest absolute Gasteiger partial charge is 0.494 e. The number of hydrogen-bond donors (Lipinski definition) is 2. The number of aliphatic hydroxyl groups is 1. The van der Waals surface area contributed by atoms with E-state index in [2.05, 4.69) is 16.8 Å². The monoisotopic (exact) mass is 453 g/mol. The van der Waals surface area contributed by atoms with Crippen molar-refractivity contribution in [1.82, 2.24) is 4.98 Å². The summed E-state index contributed by atoms with van der Waals surface area (Å²) in [6, 6.07) is 10.1. The molecule has 0 radical (unpaired) electrons. The van der Waals surface area contributed by atoms with Gasteiger partial charge in [0.15, 0.2) is 0 Å². The zero-order valence-corrected chi connectivity index (χ0v) is 18.4. The first-order valence-electron chi connectivity index (χ1n) is 9.17. The summed E-state index contributed by atoms with van der Waals surface area (Å²) in [4.78, 5) is 4.18. The zero-order chi connectivity index (χ0) is 22.2.